The molecule has 0 radical (unpaired) electrons. The molecule has 6 heteroatoms. The van der Waals surface area contributed by atoms with Gasteiger partial charge in [-0.25, -0.2) is 8.42 Å². The van der Waals surface area contributed by atoms with E-state index in [4.69, 9.17) is 4.42 Å². The van der Waals surface area contributed by atoms with Gasteiger partial charge in [-0.1, -0.05) is 48.5 Å². The maximum atomic E-state index is 12.7. The summed E-state index contributed by atoms with van der Waals surface area (Å²) in [4.78, 5) is 12.8. The van der Waals surface area contributed by atoms with Crippen molar-refractivity contribution < 1.29 is 17.6 Å². The van der Waals surface area contributed by atoms with Crippen LogP contribution in [-0.4, -0.2) is 14.2 Å². The average Bonchev–Trinajstić information content (AvgIpc) is 3.04. The molecule has 0 aliphatic heterocycles. The third kappa shape index (κ3) is 3.30. The third-order valence-corrected chi connectivity index (χ3v) is 5.87. The van der Waals surface area contributed by atoms with Crippen molar-refractivity contribution in [3.63, 3.8) is 0 Å². The molecule has 0 saturated heterocycles. The van der Waals surface area contributed by atoms with Crippen LogP contribution in [0.15, 0.2) is 88.2 Å². The predicted octanol–water partition coefficient (Wildman–Crippen LogP) is 4.77. The van der Waals surface area contributed by atoms with E-state index in [1.54, 1.807) is 61.5 Å². The van der Waals surface area contributed by atoms with Crippen molar-refractivity contribution in [3.8, 4) is 0 Å². The highest BCUT2D eigenvalue weighted by molar-refractivity contribution is 7.92. The molecule has 1 heterocycles. The first-order valence-corrected chi connectivity index (χ1v) is 10.1. The quantitative estimate of drug-likeness (QED) is 0.497. The SMILES string of the molecule is Cc1c(C(=O)c2ccccc2)oc2ccc(S(=O)(=O)Nc3ccccc3)cc12. The van der Waals surface area contributed by atoms with E-state index in [9.17, 15) is 13.2 Å². The maximum Gasteiger partial charge on any atom is 0.261 e. The van der Waals surface area contributed by atoms with Crippen molar-refractivity contribution in [2.45, 2.75) is 11.8 Å². The molecule has 0 bridgehead atoms. The second-order valence-electron chi connectivity index (χ2n) is 6.38. The van der Waals surface area contributed by atoms with Gasteiger partial charge in [0.05, 0.1) is 4.90 Å². The molecular weight excluding hydrogens is 374 g/mol. The molecule has 0 aliphatic carbocycles. The van der Waals surface area contributed by atoms with Crippen LogP contribution in [0.1, 0.15) is 21.7 Å². The third-order valence-electron chi connectivity index (χ3n) is 4.49. The van der Waals surface area contributed by atoms with Gasteiger partial charge in [0.1, 0.15) is 5.58 Å². The summed E-state index contributed by atoms with van der Waals surface area (Å²) >= 11 is 0. The molecule has 28 heavy (non-hydrogen) atoms. The first-order chi connectivity index (χ1) is 13.5. The van der Waals surface area contributed by atoms with Crippen LogP contribution in [0.3, 0.4) is 0 Å². The molecule has 0 unspecified atom stereocenters. The summed E-state index contributed by atoms with van der Waals surface area (Å²) in [6.45, 7) is 1.75. The highest BCUT2D eigenvalue weighted by Gasteiger charge is 2.21. The monoisotopic (exact) mass is 391 g/mol. The minimum Gasteiger partial charge on any atom is -0.452 e. The van der Waals surface area contributed by atoms with Gasteiger partial charge in [0.2, 0.25) is 5.78 Å². The molecule has 1 aromatic heterocycles. The molecule has 0 spiro atoms. The predicted molar refractivity (Wildman–Crippen MR) is 108 cm³/mol. The summed E-state index contributed by atoms with van der Waals surface area (Å²) in [5.41, 5.74) is 2.07. The summed E-state index contributed by atoms with van der Waals surface area (Å²) < 4.78 is 33.7. The van der Waals surface area contributed by atoms with Crippen LogP contribution in [0, 0.1) is 6.92 Å². The number of fused-ring (bicyclic) bond motifs is 1. The van der Waals surface area contributed by atoms with Gasteiger partial charge in [0, 0.05) is 22.2 Å². The fourth-order valence-electron chi connectivity index (χ4n) is 3.02. The first-order valence-electron chi connectivity index (χ1n) is 8.66. The highest BCUT2D eigenvalue weighted by Crippen LogP contribution is 2.29. The van der Waals surface area contributed by atoms with Gasteiger partial charge >= 0.3 is 0 Å². The van der Waals surface area contributed by atoms with E-state index in [0.29, 0.717) is 27.8 Å². The number of nitrogens with one attached hydrogen (secondary N) is 1. The lowest BCUT2D eigenvalue weighted by molar-refractivity contribution is 0.101. The zero-order valence-corrected chi connectivity index (χ0v) is 15.9. The molecule has 5 nitrogen and oxygen atoms in total. The fraction of sp³-hybridized carbons (Fsp3) is 0.0455. The van der Waals surface area contributed by atoms with Crippen LogP contribution in [0.4, 0.5) is 5.69 Å². The highest BCUT2D eigenvalue weighted by atomic mass is 32.2. The number of sulfonamides is 1. The number of anilines is 1. The number of hydrogen-bond acceptors (Lipinski definition) is 4. The Morgan fingerprint density at radius 1 is 0.893 bits per heavy atom. The van der Waals surface area contributed by atoms with E-state index < -0.39 is 10.0 Å². The van der Waals surface area contributed by atoms with Crippen molar-refractivity contribution in [3.05, 3.63) is 95.7 Å². The zero-order chi connectivity index (χ0) is 19.7. The van der Waals surface area contributed by atoms with Crippen LogP contribution < -0.4 is 4.72 Å². The van der Waals surface area contributed by atoms with Gasteiger partial charge in [-0.3, -0.25) is 9.52 Å². The van der Waals surface area contributed by atoms with Crippen molar-refractivity contribution in [2.24, 2.45) is 0 Å². The van der Waals surface area contributed by atoms with E-state index in [1.807, 2.05) is 12.1 Å². The Labute approximate surface area is 162 Å². The van der Waals surface area contributed by atoms with Crippen molar-refractivity contribution in [1.29, 1.82) is 0 Å². The van der Waals surface area contributed by atoms with E-state index in [-0.39, 0.29) is 16.4 Å². The van der Waals surface area contributed by atoms with Crippen molar-refractivity contribution in [2.75, 3.05) is 4.72 Å². The second kappa shape index (κ2) is 6.98. The van der Waals surface area contributed by atoms with Crippen LogP contribution in [0.25, 0.3) is 11.0 Å². The number of carbonyl (C=O) groups excluding carboxylic acids is 1. The average molecular weight is 391 g/mol. The van der Waals surface area contributed by atoms with Crippen LogP contribution in [0.2, 0.25) is 0 Å². The van der Waals surface area contributed by atoms with Crippen molar-refractivity contribution in [1.82, 2.24) is 0 Å². The van der Waals surface area contributed by atoms with Crippen LogP contribution in [0.5, 0.6) is 0 Å². The Morgan fingerprint density at radius 2 is 1.54 bits per heavy atom. The van der Waals surface area contributed by atoms with E-state index in [1.165, 1.54) is 12.1 Å². The van der Waals surface area contributed by atoms with Gasteiger partial charge in [0.25, 0.3) is 10.0 Å². The molecular formula is C22H17NO4S. The zero-order valence-electron chi connectivity index (χ0n) is 15.0. The number of carbonyl (C=O) groups is 1. The molecule has 1 N–H and O–H groups in total. The molecule has 3 aromatic carbocycles. The number of aryl methyl sites for hydroxylation is 1. The normalized spacial score (nSPS) is 11.5. The molecule has 0 atom stereocenters. The topological polar surface area (TPSA) is 76.4 Å². The smallest absolute Gasteiger partial charge is 0.261 e. The van der Waals surface area contributed by atoms with Gasteiger partial charge in [-0.2, -0.15) is 0 Å². The summed E-state index contributed by atoms with van der Waals surface area (Å²) in [5.74, 6) is -0.0205. The summed E-state index contributed by atoms with van der Waals surface area (Å²) in [6, 6.07) is 22.1. The Hall–Kier alpha value is -3.38. The Kier molecular flexibility index (Phi) is 4.49. The number of benzene rings is 3. The summed E-state index contributed by atoms with van der Waals surface area (Å²) in [5, 5.41) is 0.593. The number of ketones is 1. The Morgan fingerprint density at radius 3 is 2.21 bits per heavy atom. The van der Waals surface area contributed by atoms with Crippen LogP contribution in [-0.2, 0) is 10.0 Å². The lowest BCUT2D eigenvalue weighted by Crippen LogP contribution is -2.12. The summed E-state index contributed by atoms with van der Waals surface area (Å²) in [7, 11) is -3.76. The molecule has 0 saturated carbocycles. The largest absolute Gasteiger partial charge is 0.452 e. The molecule has 0 aliphatic rings. The van der Waals surface area contributed by atoms with E-state index in [0.717, 1.165) is 0 Å². The standard InChI is InChI=1S/C22H17NO4S/c1-15-19-14-18(28(25,26)23-17-10-6-3-7-11-17)12-13-20(19)27-22(15)21(24)16-8-4-2-5-9-16/h2-14,23H,1H3. The molecule has 0 amide bonds. The molecule has 4 aromatic rings. The van der Waals surface area contributed by atoms with E-state index >= 15 is 0 Å². The minimum atomic E-state index is -3.76. The van der Waals surface area contributed by atoms with Crippen LogP contribution >= 0.6 is 0 Å². The summed E-state index contributed by atoms with van der Waals surface area (Å²) in [6.07, 6.45) is 0. The minimum absolute atomic E-state index is 0.103. The first kappa shape index (κ1) is 18.0. The van der Waals surface area contributed by atoms with E-state index in [2.05, 4.69) is 4.72 Å². The lowest BCUT2D eigenvalue weighted by atomic mass is 10.1. The fourth-order valence-corrected chi connectivity index (χ4v) is 4.11. The Bertz CT molecular complexity index is 1260. The maximum absolute atomic E-state index is 12.7. The number of hydrogen-bond donors (Lipinski definition) is 1. The van der Waals surface area contributed by atoms with Gasteiger partial charge < -0.3 is 4.42 Å². The van der Waals surface area contributed by atoms with Gasteiger partial charge in [-0.05, 0) is 37.3 Å². The number of para-hydroxylation sites is 1. The second-order valence-corrected chi connectivity index (χ2v) is 8.06. The Balaban J connectivity index is 1.74. The van der Waals surface area contributed by atoms with Gasteiger partial charge in [-0.15, -0.1) is 0 Å². The molecule has 140 valence electrons. The lowest BCUT2D eigenvalue weighted by Gasteiger charge is -2.07. The number of rotatable bonds is 5. The van der Waals surface area contributed by atoms with Gasteiger partial charge in [0.15, 0.2) is 5.76 Å². The van der Waals surface area contributed by atoms with Crippen molar-refractivity contribution >= 4 is 32.5 Å². The molecule has 0 fully saturated rings. The molecule has 4 rings (SSSR count). The number of furan rings is 1.